The number of aromatic nitrogens is 1. The monoisotopic (exact) mass is 365 g/mol. The second-order valence-electron chi connectivity index (χ2n) is 6.50. The van der Waals surface area contributed by atoms with E-state index in [0.717, 1.165) is 10.9 Å². The first-order valence-electron chi connectivity index (χ1n) is 8.78. The van der Waals surface area contributed by atoms with E-state index in [1.165, 1.54) is 0 Å². The third-order valence-electron chi connectivity index (χ3n) is 4.59. The lowest BCUT2D eigenvalue weighted by molar-refractivity contribution is -0.160. The molecule has 1 aliphatic heterocycles. The van der Waals surface area contributed by atoms with Gasteiger partial charge in [0.1, 0.15) is 6.10 Å². The summed E-state index contributed by atoms with van der Waals surface area (Å²) < 4.78 is 16.9. The van der Waals surface area contributed by atoms with Gasteiger partial charge in [-0.25, -0.2) is 4.79 Å². The van der Waals surface area contributed by atoms with Crippen molar-refractivity contribution in [3.8, 4) is 11.5 Å². The van der Waals surface area contributed by atoms with Crippen LogP contribution in [0.5, 0.6) is 11.5 Å². The maximum absolute atomic E-state index is 12.7. The third-order valence-corrected chi connectivity index (χ3v) is 4.59. The van der Waals surface area contributed by atoms with Gasteiger partial charge in [0, 0.05) is 22.7 Å². The van der Waals surface area contributed by atoms with Crippen molar-refractivity contribution in [2.75, 3.05) is 0 Å². The fraction of sp³-hybridized carbons (Fsp3) is 0.238. The van der Waals surface area contributed by atoms with E-state index in [1.807, 2.05) is 30.3 Å². The number of carbonyl (C=O) groups excluding carboxylic acids is 2. The number of benzene rings is 2. The molecule has 0 spiro atoms. The Kier molecular flexibility index (Phi) is 4.32. The highest BCUT2D eigenvalue weighted by atomic mass is 16.6. The number of H-pyrrole nitrogens is 1. The minimum atomic E-state index is -0.940. The smallest absolute Gasteiger partial charge is 0.352 e. The zero-order valence-electron chi connectivity index (χ0n) is 15.0. The lowest BCUT2D eigenvalue weighted by Gasteiger charge is -2.30. The predicted molar refractivity (Wildman–Crippen MR) is 99.1 cm³/mol. The molecule has 0 saturated heterocycles. The van der Waals surface area contributed by atoms with Crippen molar-refractivity contribution in [3.63, 3.8) is 0 Å². The van der Waals surface area contributed by atoms with Crippen LogP contribution in [0.15, 0.2) is 54.7 Å². The fourth-order valence-corrected chi connectivity index (χ4v) is 3.17. The number of Topliss-reactive ketones (excluding diaryl/α,β-unsaturated/α-hetero) is 1. The van der Waals surface area contributed by atoms with Crippen LogP contribution in [0.25, 0.3) is 10.9 Å². The van der Waals surface area contributed by atoms with E-state index in [4.69, 9.17) is 14.2 Å². The number of rotatable bonds is 4. The van der Waals surface area contributed by atoms with Crippen LogP contribution in [-0.2, 0) is 9.53 Å². The summed E-state index contributed by atoms with van der Waals surface area (Å²) in [6.45, 7) is 3.29. The van der Waals surface area contributed by atoms with Gasteiger partial charge in [-0.15, -0.1) is 0 Å². The number of esters is 1. The number of ether oxygens (including phenoxy) is 3. The summed E-state index contributed by atoms with van der Waals surface area (Å²) >= 11 is 0. The second kappa shape index (κ2) is 6.79. The van der Waals surface area contributed by atoms with E-state index in [-0.39, 0.29) is 5.78 Å². The Morgan fingerprint density at radius 3 is 2.48 bits per heavy atom. The van der Waals surface area contributed by atoms with Crippen molar-refractivity contribution < 1.29 is 23.8 Å². The standard InChI is InChI=1S/C21H19NO5/c1-12(19(23)15-11-22-16-8-4-3-7-14(15)16)26-21(24)20-13(2)25-17-9-5-6-10-18(17)27-20/h3-13,20,22H,1-2H3/t12-,13+,20+/m0/s1. The summed E-state index contributed by atoms with van der Waals surface area (Å²) in [5, 5.41) is 0.796. The molecule has 6 heteroatoms. The number of para-hydroxylation sites is 3. The van der Waals surface area contributed by atoms with E-state index in [0.29, 0.717) is 17.1 Å². The van der Waals surface area contributed by atoms with Crippen LogP contribution < -0.4 is 9.47 Å². The molecule has 1 N–H and O–H groups in total. The van der Waals surface area contributed by atoms with Gasteiger partial charge in [0.2, 0.25) is 11.9 Å². The first kappa shape index (κ1) is 17.1. The zero-order valence-corrected chi connectivity index (χ0v) is 15.0. The second-order valence-corrected chi connectivity index (χ2v) is 6.50. The van der Waals surface area contributed by atoms with Gasteiger partial charge in [-0.1, -0.05) is 30.3 Å². The number of nitrogens with one attached hydrogen (secondary N) is 1. The van der Waals surface area contributed by atoms with Gasteiger partial charge >= 0.3 is 5.97 Å². The van der Waals surface area contributed by atoms with Crippen molar-refractivity contribution in [2.45, 2.75) is 32.2 Å². The molecule has 3 atom stereocenters. The quantitative estimate of drug-likeness (QED) is 0.565. The zero-order chi connectivity index (χ0) is 19.0. The molecule has 6 nitrogen and oxygen atoms in total. The molecule has 138 valence electrons. The molecule has 2 aromatic carbocycles. The van der Waals surface area contributed by atoms with E-state index in [1.54, 1.807) is 38.2 Å². The number of hydrogen-bond donors (Lipinski definition) is 1. The molecule has 0 amide bonds. The molecule has 27 heavy (non-hydrogen) atoms. The van der Waals surface area contributed by atoms with Gasteiger partial charge < -0.3 is 19.2 Å². The SMILES string of the molecule is C[C@H](OC(=O)[C@@H]1Oc2ccccc2O[C@@H]1C)C(=O)c1c[nH]c2ccccc12. The van der Waals surface area contributed by atoms with E-state index in [2.05, 4.69) is 4.98 Å². The fourth-order valence-electron chi connectivity index (χ4n) is 3.17. The number of aromatic amines is 1. The summed E-state index contributed by atoms with van der Waals surface area (Å²) in [7, 11) is 0. The highest BCUT2D eigenvalue weighted by Gasteiger charge is 2.37. The highest BCUT2D eigenvalue weighted by molar-refractivity contribution is 6.10. The maximum Gasteiger partial charge on any atom is 0.352 e. The van der Waals surface area contributed by atoms with E-state index in [9.17, 15) is 9.59 Å². The van der Waals surface area contributed by atoms with Gasteiger partial charge in [0.05, 0.1) is 0 Å². The van der Waals surface area contributed by atoms with Crippen LogP contribution >= 0.6 is 0 Å². The molecular weight excluding hydrogens is 346 g/mol. The minimum Gasteiger partial charge on any atom is -0.482 e. The average Bonchev–Trinajstić information content (AvgIpc) is 3.10. The highest BCUT2D eigenvalue weighted by Crippen LogP contribution is 2.34. The third kappa shape index (κ3) is 3.14. The van der Waals surface area contributed by atoms with Gasteiger partial charge in [0.25, 0.3) is 0 Å². The largest absolute Gasteiger partial charge is 0.482 e. The molecule has 4 rings (SSSR count). The molecule has 0 radical (unpaired) electrons. The molecule has 0 fully saturated rings. The summed E-state index contributed by atoms with van der Waals surface area (Å²) in [6, 6.07) is 14.6. The Balaban J connectivity index is 1.48. The lowest BCUT2D eigenvalue weighted by Crippen LogP contribution is -2.46. The molecule has 0 bridgehead atoms. The molecule has 2 heterocycles. The Morgan fingerprint density at radius 2 is 1.70 bits per heavy atom. The molecule has 1 aromatic heterocycles. The molecule has 0 saturated carbocycles. The van der Waals surface area contributed by atoms with E-state index < -0.39 is 24.3 Å². The van der Waals surface area contributed by atoms with Crippen molar-refractivity contribution in [2.24, 2.45) is 0 Å². The summed E-state index contributed by atoms with van der Waals surface area (Å²) in [6.07, 6.45) is -0.762. The molecule has 0 unspecified atom stereocenters. The Hall–Kier alpha value is -3.28. The van der Waals surface area contributed by atoms with Gasteiger partial charge in [-0.3, -0.25) is 4.79 Å². The Labute approximate surface area is 156 Å². The summed E-state index contributed by atoms with van der Waals surface area (Å²) in [5.41, 5.74) is 1.35. The van der Waals surface area contributed by atoms with Crippen molar-refractivity contribution in [3.05, 3.63) is 60.3 Å². The first-order valence-corrected chi connectivity index (χ1v) is 8.78. The van der Waals surface area contributed by atoms with Crippen LogP contribution in [0.3, 0.4) is 0 Å². The van der Waals surface area contributed by atoms with Crippen molar-refractivity contribution in [1.29, 1.82) is 0 Å². The van der Waals surface area contributed by atoms with Gasteiger partial charge in [0.15, 0.2) is 17.6 Å². The molecule has 3 aromatic rings. The van der Waals surface area contributed by atoms with E-state index >= 15 is 0 Å². The minimum absolute atomic E-state index is 0.273. The average molecular weight is 365 g/mol. The molecular formula is C21H19NO5. The lowest BCUT2D eigenvalue weighted by atomic mass is 10.1. The topological polar surface area (TPSA) is 77.6 Å². The summed E-state index contributed by atoms with van der Waals surface area (Å²) in [4.78, 5) is 28.4. The predicted octanol–water partition coefficient (Wildman–Crippen LogP) is 3.51. The van der Waals surface area contributed by atoms with Crippen LogP contribution in [0.2, 0.25) is 0 Å². The molecule has 1 aliphatic rings. The summed E-state index contributed by atoms with van der Waals surface area (Å²) in [5.74, 6) is 0.161. The van der Waals surface area contributed by atoms with Crippen molar-refractivity contribution in [1.82, 2.24) is 4.98 Å². The van der Waals surface area contributed by atoms with Crippen LogP contribution in [0, 0.1) is 0 Å². The Bertz CT molecular complexity index is 1010. The number of ketones is 1. The normalized spacial score (nSPS) is 19.5. The maximum atomic E-state index is 12.7. The van der Waals surface area contributed by atoms with Gasteiger partial charge in [-0.05, 0) is 32.0 Å². The first-order chi connectivity index (χ1) is 13.0. The molecule has 0 aliphatic carbocycles. The van der Waals surface area contributed by atoms with Crippen LogP contribution in [0.1, 0.15) is 24.2 Å². The number of carbonyl (C=O) groups is 2. The Morgan fingerprint density at radius 1 is 1.04 bits per heavy atom. The van der Waals surface area contributed by atoms with Gasteiger partial charge in [-0.2, -0.15) is 0 Å². The van der Waals surface area contributed by atoms with Crippen molar-refractivity contribution >= 4 is 22.7 Å². The van der Waals surface area contributed by atoms with Crippen LogP contribution in [0.4, 0.5) is 0 Å². The number of fused-ring (bicyclic) bond motifs is 2. The van der Waals surface area contributed by atoms with Crippen LogP contribution in [-0.4, -0.2) is 35.0 Å². The number of hydrogen-bond acceptors (Lipinski definition) is 5.